The molecule has 1 rings (SSSR count). The Morgan fingerprint density at radius 3 is 2.29 bits per heavy atom. The summed E-state index contributed by atoms with van der Waals surface area (Å²) in [4.78, 5) is 29.4. The van der Waals surface area contributed by atoms with Gasteiger partial charge in [0.15, 0.2) is 0 Å². The predicted octanol–water partition coefficient (Wildman–Crippen LogP) is -0.0161. The van der Waals surface area contributed by atoms with Crippen LogP contribution < -0.4 is 5.73 Å². The van der Waals surface area contributed by atoms with E-state index in [1.165, 1.54) is 0 Å². The van der Waals surface area contributed by atoms with Gasteiger partial charge in [-0.25, -0.2) is 0 Å². The number of likely N-dealkylation sites (N-methyl/N-ethyl adjacent to an activating group) is 1. The van der Waals surface area contributed by atoms with Gasteiger partial charge >= 0.3 is 0 Å². The smallest absolute Gasteiger partial charge is 0.236 e. The largest absolute Gasteiger partial charge is 0.348 e. The lowest BCUT2D eigenvalue weighted by Gasteiger charge is -2.35. The molecule has 1 unspecified atom stereocenters. The van der Waals surface area contributed by atoms with Gasteiger partial charge in [-0.1, -0.05) is 6.92 Å². The van der Waals surface area contributed by atoms with Crippen molar-refractivity contribution in [1.29, 1.82) is 0 Å². The molecule has 6 heteroatoms. The molecule has 1 aliphatic rings. The molecule has 0 aliphatic carbocycles. The highest BCUT2D eigenvalue weighted by Gasteiger charge is 2.22. The number of hydrogen-bond donors (Lipinski definition) is 1. The molecule has 0 aromatic carbocycles. The monoisotopic (exact) mass is 298 g/mol. The molecular formula is C15H30N4O2. The van der Waals surface area contributed by atoms with Gasteiger partial charge in [-0.3, -0.25) is 14.5 Å². The van der Waals surface area contributed by atoms with Gasteiger partial charge in [0.05, 0.1) is 6.54 Å². The van der Waals surface area contributed by atoms with E-state index in [1.807, 2.05) is 4.90 Å². The second-order valence-corrected chi connectivity index (χ2v) is 6.17. The van der Waals surface area contributed by atoms with Crippen LogP contribution >= 0.6 is 0 Å². The molecule has 21 heavy (non-hydrogen) atoms. The number of amides is 2. The van der Waals surface area contributed by atoms with Gasteiger partial charge in [-0.05, 0) is 25.3 Å². The van der Waals surface area contributed by atoms with E-state index in [4.69, 9.17) is 5.73 Å². The minimum absolute atomic E-state index is 0.116. The molecule has 1 heterocycles. The molecule has 0 aromatic rings. The van der Waals surface area contributed by atoms with Gasteiger partial charge in [-0.2, -0.15) is 0 Å². The number of carbonyl (C=O) groups excluding carboxylic acids is 2. The first kappa shape index (κ1) is 17.9. The molecular weight excluding hydrogens is 268 g/mol. The van der Waals surface area contributed by atoms with Crippen molar-refractivity contribution < 1.29 is 9.59 Å². The number of piperazine rings is 1. The molecule has 2 N–H and O–H groups in total. The zero-order chi connectivity index (χ0) is 15.8. The van der Waals surface area contributed by atoms with E-state index in [2.05, 4.69) is 11.8 Å². The van der Waals surface area contributed by atoms with E-state index in [1.54, 1.807) is 19.0 Å². The maximum Gasteiger partial charge on any atom is 0.236 e. The van der Waals surface area contributed by atoms with Crippen molar-refractivity contribution in [2.75, 3.05) is 53.4 Å². The van der Waals surface area contributed by atoms with Crippen molar-refractivity contribution in [2.45, 2.75) is 26.2 Å². The van der Waals surface area contributed by atoms with E-state index >= 15 is 0 Å². The summed E-state index contributed by atoms with van der Waals surface area (Å²) in [7, 11) is 3.54. The summed E-state index contributed by atoms with van der Waals surface area (Å²) in [5.41, 5.74) is 5.52. The summed E-state index contributed by atoms with van der Waals surface area (Å²) in [6.07, 6.45) is 2.50. The summed E-state index contributed by atoms with van der Waals surface area (Å²) in [5.74, 6) is 0.862. The van der Waals surface area contributed by atoms with Gasteiger partial charge in [0, 0.05) is 46.7 Å². The minimum Gasteiger partial charge on any atom is -0.348 e. The fourth-order valence-corrected chi connectivity index (χ4v) is 2.44. The van der Waals surface area contributed by atoms with Crippen molar-refractivity contribution in [2.24, 2.45) is 11.7 Å². The van der Waals surface area contributed by atoms with Crippen molar-refractivity contribution in [3.8, 4) is 0 Å². The number of rotatable bonds is 7. The third kappa shape index (κ3) is 6.44. The lowest BCUT2D eigenvalue weighted by atomic mass is 10.0. The lowest BCUT2D eigenvalue weighted by molar-refractivity contribution is -0.134. The maximum absolute atomic E-state index is 12.1. The Bertz CT molecular complexity index is 339. The van der Waals surface area contributed by atoms with E-state index in [0.717, 1.165) is 39.0 Å². The molecule has 0 saturated carbocycles. The van der Waals surface area contributed by atoms with Crippen LogP contribution in [0.5, 0.6) is 0 Å². The molecule has 0 radical (unpaired) electrons. The molecule has 1 fully saturated rings. The van der Waals surface area contributed by atoms with Crippen molar-refractivity contribution in [1.82, 2.24) is 14.7 Å². The van der Waals surface area contributed by atoms with E-state index in [-0.39, 0.29) is 11.8 Å². The predicted molar refractivity (Wildman–Crippen MR) is 83.8 cm³/mol. The molecule has 2 amide bonds. The van der Waals surface area contributed by atoms with Gasteiger partial charge in [-0.15, -0.1) is 0 Å². The van der Waals surface area contributed by atoms with E-state index in [9.17, 15) is 9.59 Å². The number of nitrogens with zero attached hydrogens (tertiary/aromatic N) is 3. The Kier molecular flexibility index (Phi) is 7.67. The number of carbonyl (C=O) groups is 2. The summed E-state index contributed by atoms with van der Waals surface area (Å²) < 4.78 is 0. The van der Waals surface area contributed by atoms with Crippen LogP contribution in [0.25, 0.3) is 0 Å². The summed E-state index contributed by atoms with van der Waals surface area (Å²) >= 11 is 0. The fraction of sp³-hybridized carbons (Fsp3) is 0.867. The maximum atomic E-state index is 12.1. The van der Waals surface area contributed by atoms with Gasteiger partial charge < -0.3 is 15.5 Å². The first-order valence-corrected chi connectivity index (χ1v) is 7.84. The van der Waals surface area contributed by atoms with Crippen LogP contribution in [0.15, 0.2) is 0 Å². The number of nitrogens with two attached hydrogens (primary N) is 1. The normalized spacial score (nSPS) is 17.6. The molecule has 6 nitrogen and oxygen atoms in total. The van der Waals surface area contributed by atoms with Crippen LogP contribution in [0.1, 0.15) is 26.2 Å². The van der Waals surface area contributed by atoms with Crippen LogP contribution in [-0.4, -0.2) is 79.9 Å². The highest BCUT2D eigenvalue weighted by Crippen LogP contribution is 2.12. The Balaban J connectivity index is 2.26. The van der Waals surface area contributed by atoms with Gasteiger partial charge in [0.2, 0.25) is 11.8 Å². The summed E-state index contributed by atoms with van der Waals surface area (Å²) in [6, 6.07) is 0. The second kappa shape index (κ2) is 9.00. The van der Waals surface area contributed by atoms with Crippen molar-refractivity contribution in [3.05, 3.63) is 0 Å². The van der Waals surface area contributed by atoms with E-state index < -0.39 is 0 Å². The molecule has 1 saturated heterocycles. The van der Waals surface area contributed by atoms with Crippen molar-refractivity contribution in [3.63, 3.8) is 0 Å². The zero-order valence-corrected chi connectivity index (χ0v) is 13.7. The topological polar surface area (TPSA) is 69.9 Å². The van der Waals surface area contributed by atoms with E-state index in [0.29, 0.717) is 25.4 Å². The quantitative estimate of drug-likeness (QED) is 0.717. The number of hydrogen-bond acceptors (Lipinski definition) is 4. The Hall–Kier alpha value is -1.14. The van der Waals surface area contributed by atoms with Crippen LogP contribution in [-0.2, 0) is 9.59 Å². The molecule has 0 spiro atoms. The lowest BCUT2D eigenvalue weighted by Crippen LogP contribution is -2.51. The average Bonchev–Trinajstić information content (AvgIpc) is 2.45. The first-order chi connectivity index (χ1) is 9.93. The van der Waals surface area contributed by atoms with Crippen molar-refractivity contribution >= 4 is 11.8 Å². The molecule has 0 aromatic heterocycles. The minimum atomic E-state index is 0.116. The molecule has 122 valence electrons. The molecule has 1 atom stereocenters. The highest BCUT2D eigenvalue weighted by atomic mass is 16.2. The Morgan fingerprint density at radius 1 is 1.14 bits per heavy atom. The van der Waals surface area contributed by atoms with Crippen LogP contribution in [0.2, 0.25) is 0 Å². The standard InChI is InChI=1S/C15H30N4O2/c1-13(6-7-16)4-5-14(20)19-10-8-18(9-11-19)12-15(21)17(2)3/h13H,4-12,16H2,1-3H3. The SMILES string of the molecule is CC(CCN)CCC(=O)N1CCN(CC(=O)N(C)C)CC1. The fourth-order valence-electron chi connectivity index (χ4n) is 2.44. The second-order valence-electron chi connectivity index (χ2n) is 6.17. The first-order valence-electron chi connectivity index (χ1n) is 7.84. The Morgan fingerprint density at radius 2 is 1.76 bits per heavy atom. The summed E-state index contributed by atoms with van der Waals surface area (Å²) in [6.45, 7) is 6.30. The average molecular weight is 298 g/mol. The molecule has 0 bridgehead atoms. The van der Waals surface area contributed by atoms with Crippen LogP contribution in [0.3, 0.4) is 0 Å². The van der Waals surface area contributed by atoms with Gasteiger partial charge in [0.25, 0.3) is 0 Å². The molecule has 1 aliphatic heterocycles. The summed E-state index contributed by atoms with van der Waals surface area (Å²) in [5, 5.41) is 0. The van der Waals surface area contributed by atoms with Crippen LogP contribution in [0, 0.1) is 5.92 Å². The third-order valence-electron chi connectivity index (χ3n) is 4.09. The third-order valence-corrected chi connectivity index (χ3v) is 4.09. The zero-order valence-electron chi connectivity index (χ0n) is 13.7. The highest BCUT2D eigenvalue weighted by molar-refractivity contribution is 5.78. The van der Waals surface area contributed by atoms with Gasteiger partial charge in [0.1, 0.15) is 0 Å². The Labute approximate surface area is 128 Å². The van der Waals surface area contributed by atoms with Crippen LogP contribution in [0.4, 0.5) is 0 Å².